The van der Waals surface area contributed by atoms with E-state index in [1.807, 2.05) is 0 Å². The van der Waals surface area contributed by atoms with Crippen molar-refractivity contribution in [1.29, 1.82) is 0 Å². The van der Waals surface area contributed by atoms with E-state index in [0.717, 1.165) is 4.88 Å². The van der Waals surface area contributed by atoms with Gasteiger partial charge in [-0.25, -0.2) is 4.39 Å². The van der Waals surface area contributed by atoms with E-state index in [4.69, 9.17) is 11.6 Å². The first kappa shape index (κ1) is 11.6. The molecule has 0 saturated carbocycles. The minimum absolute atomic E-state index is 0.267. The average molecular weight is 257 g/mol. The van der Waals surface area contributed by atoms with Gasteiger partial charge in [0.25, 0.3) is 0 Å². The number of aliphatic hydroxyl groups excluding tert-OH is 1. The molecule has 2 aromatic rings. The first-order valence-corrected chi connectivity index (χ1v) is 6.03. The highest BCUT2D eigenvalue weighted by Crippen LogP contribution is 2.29. The molecule has 84 valence electrons. The fraction of sp³-hybridized carbons (Fsp3) is 0.167. The van der Waals surface area contributed by atoms with E-state index >= 15 is 0 Å². The fourth-order valence-corrected chi connectivity index (χ4v) is 2.53. The normalized spacial score (nSPS) is 12.7. The van der Waals surface area contributed by atoms with Gasteiger partial charge in [0.15, 0.2) is 0 Å². The second-order valence-electron chi connectivity index (χ2n) is 3.45. The lowest BCUT2D eigenvalue weighted by Gasteiger charge is -2.08. The quantitative estimate of drug-likeness (QED) is 0.885. The maximum Gasteiger partial charge on any atom is 0.126 e. The second kappa shape index (κ2) is 4.95. The molecule has 1 aromatic heterocycles. The Bertz CT molecular complexity index is 483. The van der Waals surface area contributed by atoms with Gasteiger partial charge in [-0.05, 0) is 23.8 Å². The van der Waals surface area contributed by atoms with Gasteiger partial charge in [0, 0.05) is 11.3 Å². The monoisotopic (exact) mass is 256 g/mol. The summed E-state index contributed by atoms with van der Waals surface area (Å²) < 4.78 is 14.0. The molecule has 1 nitrogen and oxygen atoms in total. The molecule has 1 aromatic carbocycles. The van der Waals surface area contributed by atoms with Crippen LogP contribution in [0.1, 0.15) is 16.5 Å². The van der Waals surface area contributed by atoms with Crippen molar-refractivity contribution in [2.24, 2.45) is 0 Å². The molecule has 0 aliphatic rings. The standard InChI is InChI=1S/C12H10ClFOS/c13-12-6-5-11(16-12)10(15)7-8-3-1-2-4-9(8)14/h1-6,10,15H,7H2. The van der Waals surface area contributed by atoms with Gasteiger partial charge in [0.1, 0.15) is 5.82 Å². The topological polar surface area (TPSA) is 20.2 Å². The van der Waals surface area contributed by atoms with E-state index in [9.17, 15) is 9.50 Å². The van der Waals surface area contributed by atoms with Crippen LogP contribution in [0.4, 0.5) is 4.39 Å². The summed E-state index contributed by atoms with van der Waals surface area (Å²) in [6, 6.07) is 9.95. The van der Waals surface area contributed by atoms with Gasteiger partial charge in [0.05, 0.1) is 10.4 Å². The average Bonchev–Trinajstić information content (AvgIpc) is 2.68. The molecule has 2 rings (SSSR count). The number of thiophene rings is 1. The Hall–Kier alpha value is -0.900. The molecule has 0 spiro atoms. The maximum atomic E-state index is 13.3. The van der Waals surface area contributed by atoms with Crippen molar-refractivity contribution in [2.45, 2.75) is 12.5 Å². The number of rotatable bonds is 3. The van der Waals surface area contributed by atoms with Gasteiger partial charge in [-0.3, -0.25) is 0 Å². The summed E-state index contributed by atoms with van der Waals surface area (Å²) in [6.07, 6.45) is -0.432. The molecule has 4 heteroatoms. The third kappa shape index (κ3) is 2.61. The van der Waals surface area contributed by atoms with Crippen LogP contribution in [0.2, 0.25) is 4.34 Å². The van der Waals surface area contributed by atoms with Gasteiger partial charge in [-0.15, -0.1) is 11.3 Å². The zero-order valence-corrected chi connectivity index (χ0v) is 9.93. The Morgan fingerprint density at radius 3 is 2.62 bits per heavy atom. The molecule has 16 heavy (non-hydrogen) atoms. The first-order chi connectivity index (χ1) is 7.66. The third-order valence-corrected chi connectivity index (χ3v) is 3.63. The highest BCUT2D eigenvalue weighted by atomic mass is 35.5. The van der Waals surface area contributed by atoms with Crippen molar-refractivity contribution in [3.63, 3.8) is 0 Å². The van der Waals surface area contributed by atoms with Crippen LogP contribution in [-0.2, 0) is 6.42 Å². The van der Waals surface area contributed by atoms with Gasteiger partial charge in [-0.1, -0.05) is 29.8 Å². The summed E-state index contributed by atoms with van der Waals surface area (Å²) in [6.45, 7) is 0. The van der Waals surface area contributed by atoms with Crippen LogP contribution >= 0.6 is 22.9 Å². The Morgan fingerprint density at radius 2 is 2.00 bits per heavy atom. The van der Waals surface area contributed by atoms with Crippen LogP contribution in [0.5, 0.6) is 0 Å². The number of hydrogen-bond acceptors (Lipinski definition) is 2. The van der Waals surface area contributed by atoms with E-state index in [0.29, 0.717) is 9.90 Å². The van der Waals surface area contributed by atoms with Crippen molar-refractivity contribution in [3.8, 4) is 0 Å². The van der Waals surface area contributed by atoms with Crippen LogP contribution in [0.25, 0.3) is 0 Å². The van der Waals surface area contributed by atoms with Gasteiger partial charge in [0.2, 0.25) is 0 Å². The molecule has 0 amide bonds. The Balaban J connectivity index is 2.13. The predicted octanol–water partition coefficient (Wildman–Crippen LogP) is 3.82. The van der Waals surface area contributed by atoms with E-state index in [1.54, 1.807) is 30.3 Å². The largest absolute Gasteiger partial charge is 0.387 e. The molecule has 0 bridgehead atoms. The molecule has 0 radical (unpaired) electrons. The minimum atomic E-state index is -0.700. The van der Waals surface area contributed by atoms with Crippen molar-refractivity contribution < 1.29 is 9.50 Å². The van der Waals surface area contributed by atoms with E-state index in [-0.39, 0.29) is 12.2 Å². The lowest BCUT2D eigenvalue weighted by molar-refractivity contribution is 0.181. The lowest BCUT2D eigenvalue weighted by atomic mass is 10.1. The molecule has 1 unspecified atom stereocenters. The molecule has 1 N–H and O–H groups in total. The number of benzene rings is 1. The van der Waals surface area contributed by atoms with Crippen LogP contribution in [-0.4, -0.2) is 5.11 Å². The second-order valence-corrected chi connectivity index (χ2v) is 5.20. The SMILES string of the molecule is OC(Cc1ccccc1F)c1ccc(Cl)s1. The van der Waals surface area contributed by atoms with Gasteiger partial charge in [-0.2, -0.15) is 0 Å². The lowest BCUT2D eigenvalue weighted by Crippen LogP contribution is -2.01. The number of hydrogen-bond donors (Lipinski definition) is 1. The van der Waals surface area contributed by atoms with E-state index in [2.05, 4.69) is 0 Å². The molecule has 0 aliphatic heterocycles. The van der Waals surface area contributed by atoms with E-state index < -0.39 is 6.10 Å². The number of aliphatic hydroxyl groups is 1. The van der Waals surface area contributed by atoms with Crippen molar-refractivity contribution >= 4 is 22.9 Å². The summed E-state index contributed by atoms with van der Waals surface area (Å²) in [4.78, 5) is 0.758. The third-order valence-electron chi connectivity index (χ3n) is 2.29. The highest BCUT2D eigenvalue weighted by Gasteiger charge is 2.13. The molecule has 1 heterocycles. The molecular formula is C12H10ClFOS. The highest BCUT2D eigenvalue weighted by molar-refractivity contribution is 7.16. The molecular weight excluding hydrogens is 247 g/mol. The van der Waals surface area contributed by atoms with Crippen LogP contribution in [0.15, 0.2) is 36.4 Å². The summed E-state index contributed by atoms with van der Waals surface area (Å²) in [7, 11) is 0. The predicted molar refractivity (Wildman–Crippen MR) is 64.4 cm³/mol. The van der Waals surface area contributed by atoms with Crippen LogP contribution in [0, 0.1) is 5.82 Å². The summed E-state index contributed by atoms with van der Waals surface area (Å²) in [5.74, 6) is -0.288. The molecule has 0 aliphatic carbocycles. The Morgan fingerprint density at radius 1 is 1.25 bits per heavy atom. The van der Waals surface area contributed by atoms with Gasteiger partial charge >= 0.3 is 0 Å². The fourth-order valence-electron chi connectivity index (χ4n) is 1.48. The van der Waals surface area contributed by atoms with Crippen LogP contribution < -0.4 is 0 Å². The zero-order chi connectivity index (χ0) is 11.5. The van der Waals surface area contributed by atoms with Crippen molar-refractivity contribution in [3.05, 3.63) is 57.0 Å². The smallest absolute Gasteiger partial charge is 0.126 e. The first-order valence-electron chi connectivity index (χ1n) is 4.83. The zero-order valence-electron chi connectivity index (χ0n) is 8.36. The molecule has 0 fully saturated rings. The maximum absolute atomic E-state index is 13.3. The van der Waals surface area contributed by atoms with Crippen LogP contribution in [0.3, 0.4) is 0 Å². The minimum Gasteiger partial charge on any atom is -0.387 e. The van der Waals surface area contributed by atoms with Gasteiger partial charge < -0.3 is 5.11 Å². The van der Waals surface area contributed by atoms with Crippen molar-refractivity contribution in [2.75, 3.05) is 0 Å². The molecule has 1 atom stereocenters. The summed E-state index contributed by atoms with van der Waals surface area (Å²) in [5, 5.41) is 9.90. The number of halogens is 2. The summed E-state index contributed by atoms with van der Waals surface area (Å²) in [5.41, 5.74) is 0.513. The Labute approximate surface area is 102 Å². The summed E-state index contributed by atoms with van der Waals surface area (Å²) >= 11 is 7.09. The Kier molecular flexibility index (Phi) is 3.59. The van der Waals surface area contributed by atoms with Crippen molar-refractivity contribution in [1.82, 2.24) is 0 Å². The van der Waals surface area contributed by atoms with E-state index in [1.165, 1.54) is 17.4 Å². The molecule has 0 saturated heterocycles.